The van der Waals surface area contributed by atoms with Crippen LogP contribution >= 0.6 is 0 Å². The maximum atomic E-state index is 12.7. The van der Waals surface area contributed by atoms with Crippen LogP contribution in [-0.4, -0.2) is 34.6 Å². The van der Waals surface area contributed by atoms with Crippen LogP contribution < -0.4 is 20.8 Å². The number of aromatic amines is 1. The van der Waals surface area contributed by atoms with Gasteiger partial charge in [0.15, 0.2) is 11.5 Å². The molecule has 0 bridgehead atoms. The fraction of sp³-hybridized carbons (Fsp3) is 0.333. The molecule has 0 unspecified atom stereocenters. The van der Waals surface area contributed by atoms with Crippen LogP contribution in [0.3, 0.4) is 0 Å². The molecule has 0 amide bonds. The molecule has 7 heteroatoms. The van der Waals surface area contributed by atoms with Crippen LogP contribution in [0, 0.1) is 0 Å². The van der Waals surface area contributed by atoms with Gasteiger partial charge >= 0.3 is 0 Å². The lowest BCUT2D eigenvalue weighted by Crippen LogP contribution is -2.35. The summed E-state index contributed by atoms with van der Waals surface area (Å²) >= 11 is 0. The number of hydrogen-bond donors (Lipinski definition) is 2. The third-order valence-corrected chi connectivity index (χ3v) is 5.38. The number of benzene rings is 2. The van der Waals surface area contributed by atoms with E-state index in [0.29, 0.717) is 44.2 Å². The molecular weight excluding hydrogens is 392 g/mol. The summed E-state index contributed by atoms with van der Waals surface area (Å²) in [6.07, 6.45) is 0.662. The Morgan fingerprint density at radius 3 is 2.61 bits per heavy atom. The Balaban J connectivity index is 1.60. The van der Waals surface area contributed by atoms with Gasteiger partial charge in [0.25, 0.3) is 5.56 Å². The maximum absolute atomic E-state index is 12.7. The average Bonchev–Trinajstić information content (AvgIpc) is 2.76. The molecular formula is C24H28N4O3. The van der Waals surface area contributed by atoms with Crippen molar-refractivity contribution in [3.63, 3.8) is 0 Å². The zero-order chi connectivity index (χ0) is 21.8. The van der Waals surface area contributed by atoms with E-state index in [9.17, 15) is 4.79 Å². The number of H-pyrrole nitrogens is 1. The van der Waals surface area contributed by atoms with Crippen LogP contribution in [0.5, 0.6) is 11.5 Å². The smallest absolute Gasteiger partial charge is 0.254 e. The van der Waals surface area contributed by atoms with Gasteiger partial charge in [0.05, 0.1) is 18.9 Å². The molecule has 0 aliphatic carbocycles. The number of nitrogens with one attached hydrogen (secondary N) is 1. The van der Waals surface area contributed by atoms with Gasteiger partial charge in [-0.3, -0.25) is 9.69 Å². The molecule has 0 fully saturated rings. The number of fused-ring (bicyclic) bond motifs is 1. The van der Waals surface area contributed by atoms with E-state index in [0.717, 1.165) is 40.4 Å². The molecule has 3 N–H and O–H groups in total. The van der Waals surface area contributed by atoms with E-state index in [-0.39, 0.29) is 5.56 Å². The fourth-order valence-corrected chi connectivity index (χ4v) is 3.91. The molecule has 0 saturated carbocycles. The monoisotopic (exact) mass is 420 g/mol. The normalized spacial score (nSPS) is 13.6. The lowest BCUT2D eigenvalue weighted by Gasteiger charge is -2.28. The van der Waals surface area contributed by atoms with Crippen molar-refractivity contribution in [3.8, 4) is 22.9 Å². The second-order valence-electron chi connectivity index (χ2n) is 7.53. The van der Waals surface area contributed by atoms with Gasteiger partial charge in [-0.15, -0.1) is 0 Å². The maximum Gasteiger partial charge on any atom is 0.254 e. The topological polar surface area (TPSA) is 93.5 Å². The van der Waals surface area contributed by atoms with Crippen molar-refractivity contribution < 1.29 is 9.47 Å². The lowest BCUT2D eigenvalue weighted by molar-refractivity contribution is 0.231. The highest BCUT2D eigenvalue weighted by molar-refractivity contribution is 5.58. The number of nitrogens with two attached hydrogens (primary N) is 1. The van der Waals surface area contributed by atoms with E-state index >= 15 is 0 Å². The summed E-state index contributed by atoms with van der Waals surface area (Å²) in [5.74, 6) is 2.12. The van der Waals surface area contributed by atoms with E-state index in [1.54, 1.807) is 0 Å². The fourth-order valence-electron chi connectivity index (χ4n) is 3.91. The van der Waals surface area contributed by atoms with E-state index in [4.69, 9.17) is 20.2 Å². The second kappa shape index (κ2) is 9.22. The minimum absolute atomic E-state index is 0.0650. The first-order valence-corrected chi connectivity index (χ1v) is 10.7. The Morgan fingerprint density at radius 1 is 1.10 bits per heavy atom. The summed E-state index contributed by atoms with van der Waals surface area (Å²) in [6, 6.07) is 13.3. The third-order valence-electron chi connectivity index (χ3n) is 5.38. The summed E-state index contributed by atoms with van der Waals surface area (Å²) in [5, 5.41) is 0. The van der Waals surface area contributed by atoms with Gasteiger partial charge in [0, 0.05) is 42.0 Å². The third kappa shape index (κ3) is 4.56. The summed E-state index contributed by atoms with van der Waals surface area (Å²) in [6.45, 7) is 7.17. The van der Waals surface area contributed by atoms with Crippen LogP contribution in [0.15, 0.2) is 47.3 Å². The predicted molar refractivity (Wildman–Crippen MR) is 121 cm³/mol. The Bertz CT molecular complexity index is 1110. The minimum Gasteiger partial charge on any atom is -0.490 e. The highest BCUT2D eigenvalue weighted by Gasteiger charge is 2.23. The summed E-state index contributed by atoms with van der Waals surface area (Å²) in [7, 11) is 0. The highest BCUT2D eigenvalue weighted by atomic mass is 16.5. The van der Waals surface area contributed by atoms with Crippen molar-refractivity contribution in [1.82, 2.24) is 14.9 Å². The van der Waals surface area contributed by atoms with Crippen molar-refractivity contribution >= 4 is 5.69 Å². The SMILES string of the molecule is CCOc1cccc(CN2CCc3c(nc(-c4ccc(N)cc4)[nH]c3=O)C2)c1OCC. The number of anilines is 1. The number of aromatic nitrogens is 2. The molecule has 31 heavy (non-hydrogen) atoms. The molecule has 7 nitrogen and oxygen atoms in total. The first kappa shape index (κ1) is 20.9. The zero-order valence-electron chi connectivity index (χ0n) is 18.0. The molecule has 162 valence electrons. The molecule has 2 heterocycles. The van der Waals surface area contributed by atoms with Gasteiger partial charge in [0.2, 0.25) is 0 Å². The molecule has 0 saturated heterocycles. The molecule has 0 atom stereocenters. The van der Waals surface area contributed by atoms with E-state index < -0.39 is 0 Å². The lowest BCUT2D eigenvalue weighted by atomic mass is 10.0. The van der Waals surface area contributed by atoms with E-state index in [1.807, 2.05) is 50.2 Å². The van der Waals surface area contributed by atoms with Crippen molar-refractivity contribution in [2.24, 2.45) is 0 Å². The quantitative estimate of drug-likeness (QED) is 0.569. The van der Waals surface area contributed by atoms with Crippen molar-refractivity contribution in [2.45, 2.75) is 33.4 Å². The van der Waals surface area contributed by atoms with Gasteiger partial charge < -0.3 is 20.2 Å². The molecule has 3 aromatic rings. The number of nitrogen functional groups attached to an aromatic ring is 1. The average molecular weight is 421 g/mol. The summed E-state index contributed by atoms with van der Waals surface area (Å²) in [5.41, 5.74) is 9.89. The van der Waals surface area contributed by atoms with Crippen LogP contribution in [0.2, 0.25) is 0 Å². The molecule has 1 aliphatic rings. The Labute approximate surface area is 181 Å². The Kier molecular flexibility index (Phi) is 6.23. The number of ether oxygens (including phenoxy) is 2. The van der Waals surface area contributed by atoms with Crippen molar-refractivity contribution in [3.05, 3.63) is 69.6 Å². The molecule has 1 aliphatic heterocycles. The molecule has 4 rings (SSSR count). The number of nitrogens with zero attached hydrogens (tertiary/aromatic N) is 2. The second-order valence-corrected chi connectivity index (χ2v) is 7.53. The summed E-state index contributed by atoms with van der Waals surface area (Å²) < 4.78 is 11.7. The first-order chi connectivity index (χ1) is 15.1. The van der Waals surface area contributed by atoms with Gasteiger partial charge in [-0.2, -0.15) is 0 Å². The van der Waals surface area contributed by atoms with Crippen LogP contribution in [0.25, 0.3) is 11.4 Å². The number of para-hydroxylation sites is 1. The zero-order valence-corrected chi connectivity index (χ0v) is 18.0. The van der Waals surface area contributed by atoms with Crippen molar-refractivity contribution in [2.75, 3.05) is 25.5 Å². The van der Waals surface area contributed by atoms with Crippen LogP contribution in [0.1, 0.15) is 30.7 Å². The minimum atomic E-state index is -0.0650. The number of hydrogen-bond acceptors (Lipinski definition) is 6. The van der Waals surface area contributed by atoms with Crippen LogP contribution in [0.4, 0.5) is 5.69 Å². The molecule has 0 spiro atoms. The van der Waals surface area contributed by atoms with Gasteiger partial charge in [-0.05, 0) is 50.6 Å². The molecule has 0 radical (unpaired) electrons. The predicted octanol–water partition coefficient (Wildman–Crippen LogP) is 3.37. The van der Waals surface area contributed by atoms with Crippen molar-refractivity contribution in [1.29, 1.82) is 0 Å². The van der Waals surface area contributed by atoms with E-state index in [1.165, 1.54) is 0 Å². The summed E-state index contributed by atoms with van der Waals surface area (Å²) in [4.78, 5) is 22.7. The van der Waals surface area contributed by atoms with Gasteiger partial charge in [-0.1, -0.05) is 12.1 Å². The molecule has 1 aromatic heterocycles. The van der Waals surface area contributed by atoms with E-state index in [2.05, 4.69) is 16.0 Å². The van der Waals surface area contributed by atoms with Crippen LogP contribution in [-0.2, 0) is 19.5 Å². The van der Waals surface area contributed by atoms with Gasteiger partial charge in [-0.25, -0.2) is 4.98 Å². The standard InChI is InChI=1S/C24H28N4O3/c1-3-30-21-7-5-6-17(22(21)31-4-2)14-28-13-12-19-20(15-28)26-23(27-24(19)29)16-8-10-18(25)11-9-16/h5-11H,3-4,12-15,25H2,1-2H3,(H,26,27,29). The van der Waals surface area contributed by atoms with Gasteiger partial charge in [0.1, 0.15) is 5.82 Å². The first-order valence-electron chi connectivity index (χ1n) is 10.7. The number of rotatable bonds is 7. The Morgan fingerprint density at radius 2 is 1.87 bits per heavy atom. The molecule has 2 aromatic carbocycles. The largest absolute Gasteiger partial charge is 0.490 e. The Hall–Kier alpha value is -3.32. The highest BCUT2D eigenvalue weighted by Crippen LogP contribution is 2.33.